The van der Waals surface area contributed by atoms with Crippen LogP contribution in [0.3, 0.4) is 0 Å². The highest BCUT2D eigenvalue weighted by molar-refractivity contribution is 5.99. The maximum Gasteiger partial charge on any atom is 0.329 e. The number of likely N-dealkylation sites (tertiary alicyclic amines) is 1. The highest BCUT2D eigenvalue weighted by Crippen LogP contribution is 2.66. The molecule has 1 aliphatic heterocycles. The molecule has 10 atom stereocenters. The van der Waals surface area contributed by atoms with Gasteiger partial charge in [0.1, 0.15) is 36.0 Å². The van der Waals surface area contributed by atoms with Crippen LogP contribution in [0.15, 0.2) is 91.0 Å². The highest BCUT2D eigenvalue weighted by atomic mass is 16.5. The normalized spacial score (nSPS) is 31.4. The average Bonchev–Trinajstić information content (AvgIpc) is 3.59. The van der Waals surface area contributed by atoms with Gasteiger partial charge in [0.2, 0.25) is 11.8 Å². The third-order valence-electron chi connectivity index (χ3n) is 15.5. The fourth-order valence-corrected chi connectivity index (χ4v) is 12.1. The quantitative estimate of drug-likeness (QED) is 0.148. The van der Waals surface area contributed by atoms with Crippen molar-refractivity contribution in [1.82, 2.24) is 10.2 Å². The molecule has 0 radical (unpaired) electrons. The van der Waals surface area contributed by atoms with Gasteiger partial charge in [-0.1, -0.05) is 112 Å². The van der Waals surface area contributed by atoms with Crippen LogP contribution >= 0.6 is 0 Å². The van der Waals surface area contributed by atoms with Crippen molar-refractivity contribution in [3.8, 4) is 0 Å². The Morgan fingerprint density at radius 2 is 1.43 bits per heavy atom. The summed E-state index contributed by atoms with van der Waals surface area (Å²) in [4.78, 5) is 84.2. The zero-order valence-electron chi connectivity index (χ0n) is 33.9. The number of amides is 2. The van der Waals surface area contributed by atoms with Gasteiger partial charge < -0.3 is 15.0 Å². The van der Waals surface area contributed by atoms with Crippen molar-refractivity contribution in [3.05, 3.63) is 108 Å². The second kappa shape index (κ2) is 16.0. The summed E-state index contributed by atoms with van der Waals surface area (Å²) in [7, 11) is 0. The van der Waals surface area contributed by atoms with Crippen molar-refractivity contribution in [2.75, 3.05) is 0 Å². The van der Waals surface area contributed by atoms with Crippen molar-refractivity contribution in [2.24, 2.45) is 46.3 Å². The van der Waals surface area contributed by atoms with Gasteiger partial charge >= 0.3 is 5.97 Å². The monoisotopic (exact) mass is 784 g/mol. The van der Waals surface area contributed by atoms with Gasteiger partial charge in [0, 0.05) is 37.0 Å². The first-order chi connectivity index (χ1) is 27.9. The maximum absolute atomic E-state index is 14.7. The molecular weight excluding hydrogens is 729 g/mol. The molecular formula is C49H56N2O7. The molecule has 2 amide bonds. The van der Waals surface area contributed by atoms with Gasteiger partial charge in [-0.2, -0.15) is 0 Å². The Labute approximate surface area is 341 Å². The molecule has 4 saturated carbocycles. The number of esters is 1. The van der Waals surface area contributed by atoms with E-state index in [4.69, 9.17) is 4.74 Å². The number of nitrogens with one attached hydrogen (secondary N) is 1. The molecule has 3 aromatic carbocycles. The van der Waals surface area contributed by atoms with Gasteiger partial charge in [-0.25, -0.2) is 4.79 Å². The Morgan fingerprint density at radius 1 is 0.793 bits per heavy atom. The highest BCUT2D eigenvalue weighted by Gasteiger charge is 2.66. The maximum atomic E-state index is 14.7. The van der Waals surface area contributed by atoms with E-state index in [1.54, 1.807) is 0 Å². The van der Waals surface area contributed by atoms with Gasteiger partial charge in [0.05, 0.1) is 12.5 Å². The Kier molecular flexibility index (Phi) is 11.0. The number of hydrogen-bond acceptors (Lipinski definition) is 7. The van der Waals surface area contributed by atoms with Gasteiger partial charge in [-0.15, -0.1) is 0 Å². The van der Waals surface area contributed by atoms with E-state index in [1.165, 1.54) is 4.90 Å². The Bertz CT molecular complexity index is 2010. The molecule has 5 fully saturated rings. The molecule has 1 saturated heterocycles. The first-order valence-electron chi connectivity index (χ1n) is 21.4. The third kappa shape index (κ3) is 7.13. The van der Waals surface area contributed by atoms with E-state index in [2.05, 4.69) is 26.1 Å². The number of ether oxygens (including phenoxy) is 1. The molecule has 0 spiro atoms. The summed E-state index contributed by atoms with van der Waals surface area (Å²) in [6, 6.07) is 26.4. The number of carbonyl (C=O) groups is 6. The number of rotatable bonds is 12. The van der Waals surface area contributed by atoms with E-state index in [-0.39, 0.29) is 83.1 Å². The Balaban J connectivity index is 1.03. The van der Waals surface area contributed by atoms with Crippen molar-refractivity contribution in [3.63, 3.8) is 0 Å². The summed E-state index contributed by atoms with van der Waals surface area (Å²) in [6.07, 6.45) is 4.91. The number of β-lactam (4-membered cyclic amide) rings is 1. The van der Waals surface area contributed by atoms with Crippen LogP contribution in [0.25, 0.3) is 0 Å². The van der Waals surface area contributed by atoms with Crippen LogP contribution in [-0.4, -0.2) is 52.1 Å². The fraction of sp³-hybridized carbons (Fsp3) is 0.510. The largest absolute Gasteiger partial charge is 0.459 e. The second-order valence-corrected chi connectivity index (χ2v) is 18.4. The number of nitrogens with zero attached hydrogens (tertiary/aromatic N) is 1. The summed E-state index contributed by atoms with van der Waals surface area (Å²) in [5.41, 5.74) is 1.74. The number of ketones is 3. The van der Waals surface area contributed by atoms with Crippen molar-refractivity contribution in [1.29, 1.82) is 0 Å². The molecule has 0 bridgehead atoms. The van der Waals surface area contributed by atoms with Gasteiger partial charge in [0.25, 0.3) is 0 Å². The van der Waals surface area contributed by atoms with Gasteiger partial charge in [0.15, 0.2) is 0 Å². The predicted molar refractivity (Wildman–Crippen MR) is 218 cm³/mol. The van der Waals surface area contributed by atoms with Crippen LogP contribution in [0.1, 0.15) is 108 Å². The minimum Gasteiger partial charge on any atom is -0.459 e. The van der Waals surface area contributed by atoms with E-state index in [1.807, 2.05) is 91.0 Å². The average molecular weight is 785 g/mol. The van der Waals surface area contributed by atoms with Crippen LogP contribution in [0, 0.1) is 46.3 Å². The van der Waals surface area contributed by atoms with Crippen LogP contribution in [0.2, 0.25) is 0 Å². The third-order valence-corrected chi connectivity index (χ3v) is 15.5. The smallest absolute Gasteiger partial charge is 0.329 e. The van der Waals surface area contributed by atoms with E-state index >= 15 is 0 Å². The molecule has 58 heavy (non-hydrogen) atoms. The van der Waals surface area contributed by atoms with Crippen LogP contribution in [0.4, 0.5) is 0 Å². The lowest BCUT2D eigenvalue weighted by molar-refractivity contribution is -0.172. The predicted octanol–water partition coefficient (Wildman–Crippen LogP) is 7.61. The van der Waals surface area contributed by atoms with E-state index in [9.17, 15) is 28.8 Å². The topological polar surface area (TPSA) is 127 Å². The van der Waals surface area contributed by atoms with E-state index < -0.39 is 29.5 Å². The molecule has 1 N–H and O–H groups in total. The minimum atomic E-state index is -0.949. The summed E-state index contributed by atoms with van der Waals surface area (Å²) in [5, 5.41) is 3.26. The SMILES string of the molecule is C[C@H](CCC(C(=O)NC(c1ccccc1)c1ccccc1)N1C(=O)C[C@H]1C(=O)OCc1ccccc1)[C@H]1CC[C@H]2[C@@H]3C(=O)C[C@@H]4CC(=O)CC[C@]4(C)[C@H]3CC(=O)[C@]12C. The summed E-state index contributed by atoms with van der Waals surface area (Å²) < 4.78 is 5.70. The van der Waals surface area contributed by atoms with E-state index in [0.29, 0.717) is 38.5 Å². The van der Waals surface area contributed by atoms with Crippen molar-refractivity contribution >= 4 is 35.1 Å². The van der Waals surface area contributed by atoms with Crippen LogP contribution < -0.4 is 5.32 Å². The first-order valence-corrected chi connectivity index (χ1v) is 21.4. The lowest BCUT2D eigenvalue weighted by Crippen LogP contribution is -2.64. The zero-order valence-corrected chi connectivity index (χ0v) is 33.9. The summed E-state index contributed by atoms with van der Waals surface area (Å²) in [6.45, 7) is 6.52. The second-order valence-electron chi connectivity index (χ2n) is 18.4. The van der Waals surface area contributed by atoms with Crippen LogP contribution in [-0.2, 0) is 40.1 Å². The molecule has 4 aliphatic carbocycles. The fourth-order valence-electron chi connectivity index (χ4n) is 12.1. The molecule has 3 aromatic rings. The Hall–Kier alpha value is -4.92. The number of carbonyl (C=O) groups excluding carboxylic acids is 6. The Morgan fingerprint density at radius 3 is 2.07 bits per heavy atom. The number of fused-ring (bicyclic) bond motifs is 5. The van der Waals surface area contributed by atoms with Crippen molar-refractivity contribution in [2.45, 2.75) is 110 Å². The molecule has 9 heteroatoms. The molecule has 5 aliphatic rings. The summed E-state index contributed by atoms with van der Waals surface area (Å²) in [5.74, 6) is -0.733. The van der Waals surface area contributed by atoms with E-state index in [0.717, 1.165) is 36.0 Å². The first kappa shape index (κ1) is 39.9. The molecule has 1 unspecified atom stereocenters. The zero-order chi connectivity index (χ0) is 40.8. The lowest BCUT2D eigenvalue weighted by Gasteiger charge is -2.58. The van der Waals surface area contributed by atoms with Crippen molar-refractivity contribution < 1.29 is 33.5 Å². The number of benzene rings is 3. The van der Waals surface area contributed by atoms with Crippen LogP contribution in [0.5, 0.6) is 0 Å². The molecule has 9 nitrogen and oxygen atoms in total. The molecule has 0 aromatic heterocycles. The lowest BCUT2D eigenvalue weighted by atomic mass is 9.44. The minimum absolute atomic E-state index is 0.000894. The van der Waals surface area contributed by atoms with Gasteiger partial charge in [-0.3, -0.25) is 24.0 Å². The molecule has 1 heterocycles. The van der Waals surface area contributed by atoms with Gasteiger partial charge in [-0.05, 0) is 83.8 Å². The standard InChI is InChI=1S/C49H56N2O7/c1-30(36-20-21-37-44-38(27-42(54)49(36,37)3)48(2)24-23-35(52)25-34(48)26-41(44)53)19-22-39(51-40(28-43(51)55)47(57)58-29-31-13-7-4-8-14-31)46(56)50-45(32-15-9-5-10-16-32)33-17-11-6-12-18-33/h4-18,30,34,36-40,44-45H,19-29H2,1-3H3,(H,50,56)/t30-,34+,36-,37+,38+,39?,40+,44+,48+,49-/m1/s1. The number of Topliss-reactive ketones (excluding diaryl/α,β-unsaturated/α-hetero) is 3. The molecule has 304 valence electrons. The molecule has 8 rings (SSSR count). The summed E-state index contributed by atoms with van der Waals surface area (Å²) >= 11 is 0. The number of hydrogen-bond donors (Lipinski definition) is 1.